The number of amides is 2. The highest BCUT2D eigenvalue weighted by molar-refractivity contribution is 9.10. The van der Waals surface area contributed by atoms with E-state index < -0.39 is 6.10 Å². The van der Waals surface area contributed by atoms with Crippen LogP contribution in [0.2, 0.25) is 0 Å². The van der Waals surface area contributed by atoms with Crippen LogP contribution in [-0.4, -0.2) is 36.6 Å². The molecule has 2 aromatic rings. The Labute approximate surface area is 159 Å². The van der Waals surface area contributed by atoms with Crippen LogP contribution >= 0.6 is 15.9 Å². The molecule has 0 spiro atoms. The molecule has 7 nitrogen and oxygen atoms in total. The van der Waals surface area contributed by atoms with E-state index in [-0.39, 0.29) is 11.8 Å². The van der Waals surface area contributed by atoms with E-state index in [2.05, 4.69) is 31.5 Å². The van der Waals surface area contributed by atoms with Crippen LogP contribution in [0.1, 0.15) is 23.2 Å². The average molecular weight is 420 g/mol. The van der Waals surface area contributed by atoms with Crippen LogP contribution in [0.25, 0.3) is 0 Å². The molecule has 1 fully saturated rings. The highest BCUT2D eigenvalue weighted by atomic mass is 79.9. The molecular formula is C18H18BrN3O4. The summed E-state index contributed by atoms with van der Waals surface area (Å²) in [6.07, 6.45) is 2.71. The zero-order valence-electron chi connectivity index (χ0n) is 14.1. The van der Waals surface area contributed by atoms with Crippen LogP contribution in [-0.2, 0) is 9.53 Å². The number of benzene rings is 1. The van der Waals surface area contributed by atoms with Gasteiger partial charge in [-0.1, -0.05) is 6.07 Å². The van der Waals surface area contributed by atoms with Gasteiger partial charge in [0.05, 0.1) is 11.6 Å². The van der Waals surface area contributed by atoms with Gasteiger partial charge >= 0.3 is 0 Å². The van der Waals surface area contributed by atoms with Crippen molar-refractivity contribution in [1.29, 1.82) is 0 Å². The van der Waals surface area contributed by atoms with Crippen LogP contribution in [0.4, 0.5) is 11.5 Å². The van der Waals surface area contributed by atoms with Crippen LogP contribution < -0.4 is 15.4 Å². The van der Waals surface area contributed by atoms with E-state index in [4.69, 9.17) is 9.47 Å². The van der Waals surface area contributed by atoms with Gasteiger partial charge in [-0.3, -0.25) is 9.59 Å². The Kier molecular flexibility index (Phi) is 5.85. The van der Waals surface area contributed by atoms with Crippen molar-refractivity contribution >= 4 is 39.2 Å². The number of anilines is 2. The summed E-state index contributed by atoms with van der Waals surface area (Å²) in [5, 5.41) is 5.49. The second-order valence-electron chi connectivity index (χ2n) is 5.73. The van der Waals surface area contributed by atoms with E-state index >= 15 is 0 Å². The molecule has 26 heavy (non-hydrogen) atoms. The number of nitrogens with zero attached hydrogens (tertiary/aromatic N) is 1. The average Bonchev–Trinajstić information content (AvgIpc) is 3.18. The number of rotatable bonds is 5. The predicted octanol–water partition coefficient (Wildman–Crippen LogP) is 3.22. The number of carbonyl (C=O) groups is 2. The summed E-state index contributed by atoms with van der Waals surface area (Å²) in [5.41, 5.74) is 0.943. The lowest BCUT2D eigenvalue weighted by Gasteiger charge is -2.11. The van der Waals surface area contributed by atoms with Gasteiger partial charge in [0.1, 0.15) is 17.7 Å². The summed E-state index contributed by atoms with van der Waals surface area (Å²) < 4.78 is 11.2. The fourth-order valence-corrected chi connectivity index (χ4v) is 2.96. The molecule has 136 valence electrons. The Balaban J connectivity index is 1.68. The summed E-state index contributed by atoms with van der Waals surface area (Å²) in [4.78, 5) is 28.7. The fourth-order valence-electron chi connectivity index (χ4n) is 2.58. The van der Waals surface area contributed by atoms with Crippen molar-refractivity contribution < 1.29 is 19.1 Å². The van der Waals surface area contributed by atoms with Crippen molar-refractivity contribution in [2.45, 2.75) is 18.9 Å². The SMILES string of the molecule is COc1cc(NC(=O)c2cccc(NC(=O)C3CCCO3)c2)ncc1Br. The second-order valence-corrected chi connectivity index (χ2v) is 6.58. The molecule has 1 aliphatic heterocycles. The smallest absolute Gasteiger partial charge is 0.256 e. The van der Waals surface area contributed by atoms with Crippen molar-refractivity contribution in [3.8, 4) is 5.75 Å². The van der Waals surface area contributed by atoms with Crippen LogP contribution in [0.15, 0.2) is 41.0 Å². The number of halogens is 1. The molecule has 1 unspecified atom stereocenters. The first-order chi connectivity index (χ1) is 12.6. The van der Waals surface area contributed by atoms with Gasteiger partial charge in [0.2, 0.25) is 0 Å². The van der Waals surface area contributed by atoms with Crippen molar-refractivity contribution in [3.63, 3.8) is 0 Å². The summed E-state index contributed by atoms with van der Waals surface area (Å²) in [7, 11) is 1.53. The van der Waals surface area contributed by atoms with Crippen molar-refractivity contribution in [2.24, 2.45) is 0 Å². The highest BCUT2D eigenvalue weighted by Gasteiger charge is 2.23. The molecule has 1 aliphatic rings. The van der Waals surface area contributed by atoms with Gasteiger partial charge in [-0.15, -0.1) is 0 Å². The molecule has 8 heteroatoms. The minimum atomic E-state index is -0.424. The zero-order valence-corrected chi connectivity index (χ0v) is 15.7. The molecule has 1 saturated heterocycles. The molecule has 0 bridgehead atoms. The number of hydrogen-bond donors (Lipinski definition) is 2. The first kappa shape index (κ1) is 18.3. The minimum absolute atomic E-state index is 0.195. The third-order valence-electron chi connectivity index (χ3n) is 3.90. The molecular weight excluding hydrogens is 402 g/mol. The van der Waals surface area contributed by atoms with Crippen LogP contribution in [0, 0.1) is 0 Å². The third-order valence-corrected chi connectivity index (χ3v) is 4.49. The Morgan fingerprint density at radius 1 is 1.31 bits per heavy atom. The lowest BCUT2D eigenvalue weighted by molar-refractivity contribution is -0.124. The molecule has 2 amide bonds. The Bertz CT molecular complexity index is 822. The number of hydrogen-bond acceptors (Lipinski definition) is 5. The molecule has 0 radical (unpaired) electrons. The summed E-state index contributed by atoms with van der Waals surface area (Å²) in [6.45, 7) is 0.601. The van der Waals surface area contributed by atoms with Crippen molar-refractivity contribution in [3.05, 3.63) is 46.6 Å². The second kappa shape index (κ2) is 8.29. The molecule has 3 rings (SSSR count). The van der Waals surface area contributed by atoms with Crippen LogP contribution in [0.5, 0.6) is 5.75 Å². The molecule has 0 saturated carbocycles. The first-order valence-corrected chi connectivity index (χ1v) is 8.89. The van der Waals surface area contributed by atoms with E-state index in [1.54, 1.807) is 36.5 Å². The molecule has 1 atom stereocenters. The van der Waals surface area contributed by atoms with Gasteiger partial charge < -0.3 is 20.1 Å². The summed E-state index contributed by atoms with van der Waals surface area (Å²) in [6, 6.07) is 8.32. The quantitative estimate of drug-likeness (QED) is 0.776. The summed E-state index contributed by atoms with van der Waals surface area (Å²) in [5.74, 6) is 0.395. The van der Waals surface area contributed by atoms with E-state index in [1.165, 1.54) is 7.11 Å². The largest absolute Gasteiger partial charge is 0.495 e. The number of nitrogens with one attached hydrogen (secondary N) is 2. The van der Waals surface area contributed by atoms with Crippen molar-refractivity contribution in [1.82, 2.24) is 4.98 Å². The van der Waals surface area contributed by atoms with Crippen LogP contribution in [0.3, 0.4) is 0 Å². The molecule has 2 N–H and O–H groups in total. The Morgan fingerprint density at radius 3 is 2.88 bits per heavy atom. The number of ether oxygens (including phenoxy) is 2. The molecule has 2 heterocycles. The normalized spacial score (nSPS) is 16.2. The highest BCUT2D eigenvalue weighted by Crippen LogP contribution is 2.26. The Hall–Kier alpha value is -2.45. The van der Waals surface area contributed by atoms with Gasteiger partial charge in [-0.2, -0.15) is 0 Å². The van der Waals surface area contributed by atoms with Gasteiger partial charge in [-0.05, 0) is 47.0 Å². The zero-order chi connectivity index (χ0) is 18.5. The maximum absolute atomic E-state index is 12.5. The van der Waals surface area contributed by atoms with E-state index in [0.29, 0.717) is 40.3 Å². The van der Waals surface area contributed by atoms with Gasteiger partial charge in [0, 0.05) is 30.1 Å². The molecule has 1 aromatic heterocycles. The number of aromatic nitrogens is 1. The number of carbonyl (C=O) groups excluding carboxylic acids is 2. The van der Waals surface area contributed by atoms with Crippen molar-refractivity contribution in [2.75, 3.05) is 24.4 Å². The van der Waals surface area contributed by atoms with Gasteiger partial charge in [0.15, 0.2) is 0 Å². The molecule has 1 aromatic carbocycles. The number of pyridine rings is 1. The number of methoxy groups -OCH3 is 1. The maximum atomic E-state index is 12.5. The monoisotopic (exact) mass is 419 g/mol. The minimum Gasteiger partial charge on any atom is -0.495 e. The fraction of sp³-hybridized carbons (Fsp3) is 0.278. The lowest BCUT2D eigenvalue weighted by Crippen LogP contribution is -2.27. The standard InChI is InChI=1S/C18H18BrN3O4/c1-25-15-9-16(20-10-13(15)19)22-17(23)11-4-2-5-12(8-11)21-18(24)14-6-3-7-26-14/h2,4-5,8-10,14H,3,6-7H2,1H3,(H,21,24)(H,20,22,23). The summed E-state index contributed by atoms with van der Waals surface area (Å²) >= 11 is 3.31. The lowest BCUT2D eigenvalue weighted by atomic mass is 10.1. The van der Waals surface area contributed by atoms with Gasteiger partial charge in [0.25, 0.3) is 11.8 Å². The molecule has 0 aliphatic carbocycles. The van der Waals surface area contributed by atoms with Gasteiger partial charge in [-0.25, -0.2) is 4.98 Å². The maximum Gasteiger partial charge on any atom is 0.256 e. The van der Waals surface area contributed by atoms with E-state index in [0.717, 1.165) is 6.42 Å². The van der Waals surface area contributed by atoms with E-state index in [1.807, 2.05) is 0 Å². The first-order valence-electron chi connectivity index (χ1n) is 8.10. The third kappa shape index (κ3) is 4.39. The predicted molar refractivity (Wildman–Crippen MR) is 100 cm³/mol. The Morgan fingerprint density at radius 2 is 2.15 bits per heavy atom. The topological polar surface area (TPSA) is 89.6 Å². The van der Waals surface area contributed by atoms with E-state index in [9.17, 15) is 9.59 Å².